The second-order valence-electron chi connectivity index (χ2n) is 5.11. The summed E-state index contributed by atoms with van der Waals surface area (Å²) in [5, 5.41) is 0. The molecular formula is C15H18N6. The lowest BCUT2D eigenvalue weighted by Gasteiger charge is -2.19. The summed E-state index contributed by atoms with van der Waals surface area (Å²) in [7, 11) is 2.00. The van der Waals surface area contributed by atoms with Crippen molar-refractivity contribution in [2.75, 3.05) is 24.2 Å². The number of rotatable bonds is 4. The summed E-state index contributed by atoms with van der Waals surface area (Å²) in [6.45, 7) is 2.78. The highest BCUT2D eigenvalue weighted by Gasteiger charge is 2.09. The molecule has 0 bridgehead atoms. The predicted molar refractivity (Wildman–Crippen MR) is 84.2 cm³/mol. The normalized spacial score (nSPS) is 11.0. The number of anilines is 2. The van der Waals surface area contributed by atoms with E-state index in [2.05, 4.69) is 24.8 Å². The van der Waals surface area contributed by atoms with Gasteiger partial charge in [-0.15, -0.1) is 0 Å². The van der Waals surface area contributed by atoms with E-state index in [9.17, 15) is 0 Å². The number of fused-ring (bicyclic) bond motifs is 1. The smallest absolute Gasteiger partial charge is 0.221 e. The van der Waals surface area contributed by atoms with Gasteiger partial charge in [-0.25, -0.2) is 9.97 Å². The van der Waals surface area contributed by atoms with Gasteiger partial charge in [0.1, 0.15) is 11.6 Å². The highest BCUT2D eigenvalue weighted by atomic mass is 15.2. The molecule has 0 amide bonds. The molecule has 6 nitrogen and oxygen atoms in total. The first-order chi connectivity index (χ1) is 10.1. The number of aromatic nitrogens is 4. The molecule has 0 aliphatic rings. The Morgan fingerprint density at radius 3 is 2.86 bits per heavy atom. The van der Waals surface area contributed by atoms with E-state index in [0.29, 0.717) is 5.95 Å². The van der Waals surface area contributed by atoms with Crippen LogP contribution >= 0.6 is 0 Å². The fourth-order valence-electron chi connectivity index (χ4n) is 2.34. The van der Waals surface area contributed by atoms with Gasteiger partial charge in [0, 0.05) is 31.8 Å². The van der Waals surface area contributed by atoms with Crippen molar-refractivity contribution in [2.45, 2.75) is 13.3 Å². The second kappa shape index (κ2) is 5.40. The van der Waals surface area contributed by atoms with Crippen LogP contribution in [-0.4, -0.2) is 33.5 Å². The van der Waals surface area contributed by atoms with Gasteiger partial charge in [0.2, 0.25) is 5.95 Å². The molecule has 0 aliphatic heterocycles. The number of benzene rings is 1. The third kappa shape index (κ3) is 2.79. The molecule has 108 valence electrons. The largest absolute Gasteiger partial charge is 0.368 e. The Morgan fingerprint density at radius 1 is 1.24 bits per heavy atom. The monoisotopic (exact) mass is 282 g/mol. The summed E-state index contributed by atoms with van der Waals surface area (Å²) >= 11 is 0. The van der Waals surface area contributed by atoms with Gasteiger partial charge in [-0.1, -0.05) is 12.1 Å². The van der Waals surface area contributed by atoms with Crippen LogP contribution in [0.5, 0.6) is 0 Å². The molecule has 0 unspecified atom stereocenters. The molecule has 3 aromatic rings. The van der Waals surface area contributed by atoms with Crippen molar-refractivity contribution in [3.8, 4) is 0 Å². The summed E-state index contributed by atoms with van der Waals surface area (Å²) < 4.78 is 0. The maximum atomic E-state index is 5.66. The third-order valence-corrected chi connectivity index (χ3v) is 3.45. The number of hydrogen-bond donors (Lipinski definition) is 2. The van der Waals surface area contributed by atoms with Crippen LogP contribution < -0.4 is 10.6 Å². The summed E-state index contributed by atoms with van der Waals surface area (Å²) in [5.74, 6) is 2.13. The van der Waals surface area contributed by atoms with Crippen LogP contribution in [0.15, 0.2) is 30.5 Å². The lowest BCUT2D eigenvalue weighted by molar-refractivity contribution is 0.820. The van der Waals surface area contributed by atoms with Crippen molar-refractivity contribution in [1.29, 1.82) is 0 Å². The Labute approximate surface area is 123 Å². The van der Waals surface area contributed by atoms with Gasteiger partial charge in [-0.2, -0.15) is 4.98 Å². The first-order valence-corrected chi connectivity index (χ1v) is 6.87. The Morgan fingerprint density at radius 2 is 2.05 bits per heavy atom. The van der Waals surface area contributed by atoms with Crippen LogP contribution in [0.4, 0.5) is 11.8 Å². The van der Waals surface area contributed by atoms with Gasteiger partial charge in [-0.05, 0) is 19.1 Å². The molecule has 1 aromatic carbocycles. The standard InChI is InChI=1S/C15H18N6/c1-10-9-17-15(16)20-14(10)21(2)8-7-13-18-11-5-3-4-6-12(11)19-13/h3-6,9H,7-8H2,1-2H3,(H,18,19)(H2,16,17,20). The second-order valence-corrected chi connectivity index (χ2v) is 5.11. The minimum Gasteiger partial charge on any atom is -0.368 e. The summed E-state index contributed by atoms with van der Waals surface area (Å²) in [5.41, 5.74) is 8.73. The van der Waals surface area contributed by atoms with Crippen molar-refractivity contribution in [1.82, 2.24) is 19.9 Å². The minimum absolute atomic E-state index is 0.297. The summed E-state index contributed by atoms with van der Waals surface area (Å²) in [6, 6.07) is 8.04. The van der Waals surface area contributed by atoms with Gasteiger partial charge in [-0.3, -0.25) is 0 Å². The van der Waals surface area contributed by atoms with Crippen LogP contribution in [0.25, 0.3) is 11.0 Å². The average molecular weight is 282 g/mol. The molecule has 0 fully saturated rings. The number of hydrogen-bond acceptors (Lipinski definition) is 5. The Bertz CT molecular complexity index is 731. The Balaban J connectivity index is 1.73. The SMILES string of the molecule is Cc1cnc(N)nc1N(C)CCc1nc2ccccc2[nH]1. The summed E-state index contributed by atoms with van der Waals surface area (Å²) in [4.78, 5) is 18.3. The molecule has 0 radical (unpaired) electrons. The van der Waals surface area contributed by atoms with Gasteiger partial charge in [0.05, 0.1) is 11.0 Å². The molecule has 6 heteroatoms. The van der Waals surface area contributed by atoms with E-state index in [0.717, 1.165) is 41.2 Å². The first kappa shape index (κ1) is 13.4. The van der Waals surface area contributed by atoms with Gasteiger partial charge in [0.15, 0.2) is 0 Å². The number of imidazole rings is 1. The molecule has 0 spiro atoms. The van der Waals surface area contributed by atoms with E-state index < -0.39 is 0 Å². The molecule has 2 aromatic heterocycles. The molecule has 3 rings (SSSR count). The zero-order valence-corrected chi connectivity index (χ0v) is 12.2. The quantitative estimate of drug-likeness (QED) is 0.764. The average Bonchev–Trinajstić information content (AvgIpc) is 2.90. The van der Waals surface area contributed by atoms with Crippen molar-refractivity contribution >= 4 is 22.8 Å². The van der Waals surface area contributed by atoms with Crippen molar-refractivity contribution in [3.63, 3.8) is 0 Å². The van der Waals surface area contributed by atoms with Crippen LogP contribution in [0.3, 0.4) is 0 Å². The lowest BCUT2D eigenvalue weighted by Crippen LogP contribution is -2.23. The van der Waals surface area contributed by atoms with Crippen LogP contribution in [0.2, 0.25) is 0 Å². The van der Waals surface area contributed by atoms with E-state index in [-0.39, 0.29) is 0 Å². The van der Waals surface area contributed by atoms with E-state index in [4.69, 9.17) is 5.73 Å². The Hall–Kier alpha value is -2.63. The molecular weight excluding hydrogens is 264 g/mol. The number of aromatic amines is 1. The van der Waals surface area contributed by atoms with E-state index in [1.54, 1.807) is 6.20 Å². The molecule has 0 atom stereocenters. The maximum absolute atomic E-state index is 5.66. The number of nitrogen functional groups attached to an aromatic ring is 1. The predicted octanol–water partition coefficient (Wildman–Crippen LogP) is 1.92. The highest BCUT2D eigenvalue weighted by Crippen LogP contribution is 2.16. The molecule has 0 saturated carbocycles. The number of nitrogens with zero attached hydrogens (tertiary/aromatic N) is 4. The van der Waals surface area contributed by atoms with E-state index >= 15 is 0 Å². The highest BCUT2D eigenvalue weighted by molar-refractivity contribution is 5.74. The third-order valence-electron chi connectivity index (χ3n) is 3.45. The van der Waals surface area contributed by atoms with Crippen molar-refractivity contribution in [3.05, 3.63) is 41.9 Å². The van der Waals surface area contributed by atoms with Crippen molar-refractivity contribution in [2.24, 2.45) is 0 Å². The maximum Gasteiger partial charge on any atom is 0.221 e. The lowest BCUT2D eigenvalue weighted by atomic mass is 10.3. The molecule has 21 heavy (non-hydrogen) atoms. The fourth-order valence-corrected chi connectivity index (χ4v) is 2.34. The van der Waals surface area contributed by atoms with Gasteiger partial charge < -0.3 is 15.6 Å². The number of para-hydroxylation sites is 2. The minimum atomic E-state index is 0.297. The molecule has 2 heterocycles. The van der Waals surface area contributed by atoms with Gasteiger partial charge >= 0.3 is 0 Å². The number of aryl methyl sites for hydroxylation is 1. The number of H-pyrrole nitrogens is 1. The fraction of sp³-hybridized carbons (Fsp3) is 0.267. The zero-order valence-electron chi connectivity index (χ0n) is 12.2. The first-order valence-electron chi connectivity index (χ1n) is 6.87. The molecule has 0 aliphatic carbocycles. The van der Waals surface area contributed by atoms with E-state index in [1.807, 2.05) is 38.2 Å². The zero-order chi connectivity index (χ0) is 14.8. The Kier molecular flexibility index (Phi) is 3.43. The van der Waals surface area contributed by atoms with Crippen molar-refractivity contribution < 1.29 is 0 Å². The molecule has 0 saturated heterocycles. The van der Waals surface area contributed by atoms with Crippen LogP contribution in [0.1, 0.15) is 11.4 Å². The number of nitrogens with one attached hydrogen (secondary N) is 1. The summed E-state index contributed by atoms with van der Waals surface area (Å²) in [6.07, 6.45) is 2.56. The topological polar surface area (TPSA) is 83.7 Å². The van der Waals surface area contributed by atoms with E-state index in [1.165, 1.54) is 0 Å². The number of nitrogens with two attached hydrogens (primary N) is 1. The number of likely N-dealkylation sites (N-methyl/N-ethyl adjacent to an activating group) is 1. The van der Waals surface area contributed by atoms with Crippen LogP contribution in [-0.2, 0) is 6.42 Å². The van der Waals surface area contributed by atoms with Crippen LogP contribution in [0, 0.1) is 6.92 Å². The molecule has 3 N–H and O–H groups in total. The van der Waals surface area contributed by atoms with Gasteiger partial charge in [0.25, 0.3) is 0 Å².